The van der Waals surface area contributed by atoms with E-state index in [-0.39, 0.29) is 19.4 Å². The first-order valence-corrected chi connectivity index (χ1v) is 15.5. The third-order valence-corrected chi connectivity index (χ3v) is 7.54. The maximum absolute atomic E-state index is 14.1. The molecule has 3 atom stereocenters. The van der Waals surface area contributed by atoms with Crippen molar-refractivity contribution in [3.63, 3.8) is 0 Å². The zero-order chi connectivity index (χ0) is 33.1. The van der Waals surface area contributed by atoms with Crippen LogP contribution in [-0.4, -0.2) is 66.2 Å². The summed E-state index contributed by atoms with van der Waals surface area (Å²) in [6, 6.07) is 23.0. The van der Waals surface area contributed by atoms with Crippen molar-refractivity contribution >= 4 is 23.9 Å². The van der Waals surface area contributed by atoms with Gasteiger partial charge in [-0.25, -0.2) is 9.59 Å². The lowest BCUT2D eigenvalue weighted by Gasteiger charge is -2.30. The smallest absolute Gasteiger partial charge is 0.408 e. The number of carbonyl (C=O) groups is 4. The molecule has 3 aromatic carbocycles. The summed E-state index contributed by atoms with van der Waals surface area (Å²) in [4.78, 5) is 55.5. The van der Waals surface area contributed by atoms with Crippen molar-refractivity contribution < 1.29 is 33.4 Å². The average Bonchev–Trinajstić information content (AvgIpc) is 3.53. The first-order chi connectivity index (χ1) is 22.0. The molecule has 4 rings (SSSR count). The Labute approximate surface area is 270 Å². The van der Waals surface area contributed by atoms with Crippen molar-refractivity contribution in [1.82, 2.24) is 15.5 Å². The minimum atomic E-state index is -1.06. The van der Waals surface area contributed by atoms with Gasteiger partial charge in [0.2, 0.25) is 11.8 Å². The number of ether oxygens (including phenoxy) is 3. The SMILES string of the molecule is COc1ccc(C[C@@H](NC(=O)OC(C)(C)C)C(=O)N[C@@H](Cc2ccccc2)C(=O)N2CCC[C@@H]2C(=O)OCc2ccccc2)cc1. The Bertz CT molecular complexity index is 1460. The second-order valence-corrected chi connectivity index (χ2v) is 12.3. The molecule has 3 amide bonds. The van der Waals surface area contributed by atoms with Crippen molar-refractivity contribution in [3.05, 3.63) is 102 Å². The van der Waals surface area contributed by atoms with Gasteiger partial charge in [-0.1, -0.05) is 72.8 Å². The van der Waals surface area contributed by atoms with Gasteiger partial charge in [-0.15, -0.1) is 0 Å². The first kappa shape index (κ1) is 34.0. The monoisotopic (exact) mass is 629 g/mol. The molecule has 1 saturated heterocycles. The molecule has 10 heteroatoms. The lowest BCUT2D eigenvalue weighted by molar-refractivity contribution is -0.155. The highest BCUT2D eigenvalue weighted by atomic mass is 16.6. The fourth-order valence-electron chi connectivity index (χ4n) is 5.28. The lowest BCUT2D eigenvalue weighted by atomic mass is 10.0. The number of hydrogen-bond acceptors (Lipinski definition) is 7. The van der Waals surface area contributed by atoms with Gasteiger partial charge in [0, 0.05) is 19.4 Å². The van der Waals surface area contributed by atoms with E-state index < -0.39 is 47.6 Å². The van der Waals surface area contributed by atoms with Gasteiger partial charge in [-0.3, -0.25) is 9.59 Å². The fraction of sp³-hybridized carbons (Fsp3) is 0.389. The van der Waals surface area contributed by atoms with Crippen molar-refractivity contribution in [3.8, 4) is 5.75 Å². The number of nitrogens with one attached hydrogen (secondary N) is 2. The summed E-state index contributed by atoms with van der Waals surface area (Å²) in [5.41, 5.74) is 1.66. The van der Waals surface area contributed by atoms with E-state index >= 15 is 0 Å². The summed E-state index contributed by atoms with van der Waals surface area (Å²) in [7, 11) is 1.56. The van der Waals surface area contributed by atoms with Crippen LogP contribution in [0.15, 0.2) is 84.9 Å². The predicted molar refractivity (Wildman–Crippen MR) is 173 cm³/mol. The Morgan fingerprint density at radius 3 is 2.00 bits per heavy atom. The van der Waals surface area contributed by atoms with Crippen LogP contribution in [-0.2, 0) is 43.3 Å². The van der Waals surface area contributed by atoms with Gasteiger partial charge in [-0.2, -0.15) is 0 Å². The summed E-state index contributed by atoms with van der Waals surface area (Å²) in [5.74, 6) is -0.778. The molecule has 46 heavy (non-hydrogen) atoms. The highest BCUT2D eigenvalue weighted by molar-refractivity contribution is 5.93. The molecule has 0 spiro atoms. The molecule has 1 aliphatic rings. The zero-order valence-corrected chi connectivity index (χ0v) is 26.9. The number of likely N-dealkylation sites (tertiary alicyclic amines) is 1. The second kappa shape index (κ2) is 15.9. The molecule has 1 heterocycles. The van der Waals surface area contributed by atoms with Gasteiger partial charge in [0.05, 0.1) is 7.11 Å². The molecule has 1 fully saturated rings. The van der Waals surface area contributed by atoms with Crippen molar-refractivity contribution in [1.29, 1.82) is 0 Å². The Kier molecular flexibility index (Phi) is 11.8. The molecule has 0 saturated carbocycles. The van der Waals surface area contributed by atoms with Crippen LogP contribution < -0.4 is 15.4 Å². The minimum Gasteiger partial charge on any atom is -0.497 e. The first-order valence-electron chi connectivity index (χ1n) is 15.5. The van der Waals surface area contributed by atoms with Crippen molar-refractivity contribution in [2.24, 2.45) is 0 Å². The molecule has 0 radical (unpaired) electrons. The van der Waals surface area contributed by atoms with Crippen LogP contribution in [0.2, 0.25) is 0 Å². The molecule has 3 aromatic rings. The number of amides is 3. The van der Waals surface area contributed by atoms with E-state index in [1.807, 2.05) is 60.7 Å². The predicted octanol–water partition coefficient (Wildman–Crippen LogP) is 4.59. The Morgan fingerprint density at radius 1 is 0.804 bits per heavy atom. The standard InChI is InChI=1S/C36H43N3O7/c1-36(2,3)46-35(43)38-29(22-26-17-19-28(44-4)20-18-26)32(40)37-30(23-25-12-7-5-8-13-25)33(41)39-21-11-16-31(39)34(42)45-24-27-14-9-6-10-15-27/h5-10,12-15,17-20,29-31H,11,16,21-24H2,1-4H3,(H,37,40)(H,38,43)/t29-,30+,31-/m1/s1. The molecule has 2 N–H and O–H groups in total. The highest BCUT2D eigenvalue weighted by Crippen LogP contribution is 2.22. The number of benzene rings is 3. The summed E-state index contributed by atoms with van der Waals surface area (Å²) < 4.78 is 16.3. The maximum atomic E-state index is 14.1. The molecular formula is C36H43N3O7. The molecule has 244 valence electrons. The number of rotatable bonds is 12. The average molecular weight is 630 g/mol. The Morgan fingerprint density at radius 2 is 1.39 bits per heavy atom. The van der Waals surface area contributed by atoms with E-state index in [0.717, 1.165) is 16.7 Å². The molecule has 1 aliphatic heterocycles. The number of methoxy groups -OCH3 is 1. The minimum absolute atomic E-state index is 0.103. The maximum Gasteiger partial charge on any atom is 0.408 e. The van der Waals surface area contributed by atoms with Crippen molar-refractivity contribution in [2.75, 3.05) is 13.7 Å². The van der Waals surface area contributed by atoms with Gasteiger partial charge in [0.15, 0.2) is 0 Å². The summed E-state index contributed by atoms with van der Waals surface area (Å²) >= 11 is 0. The van der Waals surface area contributed by atoms with E-state index in [2.05, 4.69) is 10.6 Å². The van der Waals surface area contributed by atoms with Gasteiger partial charge in [0.1, 0.15) is 36.1 Å². The molecular weight excluding hydrogens is 586 g/mol. The van der Waals surface area contributed by atoms with Crippen LogP contribution >= 0.6 is 0 Å². The number of hydrogen-bond donors (Lipinski definition) is 2. The van der Waals surface area contributed by atoms with Crippen LogP contribution in [0, 0.1) is 0 Å². The quantitative estimate of drug-likeness (QED) is 0.281. The van der Waals surface area contributed by atoms with E-state index in [1.54, 1.807) is 52.1 Å². The van der Waals surface area contributed by atoms with E-state index in [0.29, 0.717) is 25.1 Å². The third kappa shape index (κ3) is 10.1. The fourth-order valence-corrected chi connectivity index (χ4v) is 5.28. The summed E-state index contributed by atoms with van der Waals surface area (Å²) in [6.45, 7) is 5.66. The van der Waals surface area contributed by atoms with Gasteiger partial charge in [-0.05, 0) is 62.4 Å². The third-order valence-electron chi connectivity index (χ3n) is 7.54. The number of alkyl carbamates (subject to hydrolysis) is 1. The van der Waals surface area contributed by atoms with Crippen LogP contribution in [0.4, 0.5) is 4.79 Å². The summed E-state index contributed by atoms with van der Waals surface area (Å²) in [6.07, 6.45) is 0.664. The highest BCUT2D eigenvalue weighted by Gasteiger charge is 2.39. The lowest BCUT2D eigenvalue weighted by Crippen LogP contribution is -2.57. The molecule has 0 aliphatic carbocycles. The van der Waals surface area contributed by atoms with Crippen LogP contribution in [0.3, 0.4) is 0 Å². The number of esters is 1. The Hall–Kier alpha value is -4.86. The van der Waals surface area contributed by atoms with Crippen LogP contribution in [0.5, 0.6) is 5.75 Å². The van der Waals surface area contributed by atoms with Gasteiger partial charge < -0.3 is 29.7 Å². The van der Waals surface area contributed by atoms with E-state index in [1.165, 1.54) is 4.90 Å². The normalized spacial score (nSPS) is 15.7. The van der Waals surface area contributed by atoms with Gasteiger partial charge >= 0.3 is 12.1 Å². The largest absolute Gasteiger partial charge is 0.497 e. The van der Waals surface area contributed by atoms with Gasteiger partial charge in [0.25, 0.3) is 0 Å². The Balaban J connectivity index is 1.54. The van der Waals surface area contributed by atoms with E-state index in [9.17, 15) is 19.2 Å². The molecule has 0 bridgehead atoms. The molecule has 0 unspecified atom stereocenters. The number of nitrogens with zero attached hydrogens (tertiary/aromatic N) is 1. The second-order valence-electron chi connectivity index (χ2n) is 12.3. The summed E-state index contributed by atoms with van der Waals surface area (Å²) in [5, 5.41) is 5.58. The zero-order valence-electron chi connectivity index (χ0n) is 26.9. The van der Waals surface area contributed by atoms with Crippen LogP contribution in [0.25, 0.3) is 0 Å². The number of carbonyl (C=O) groups excluding carboxylic acids is 4. The van der Waals surface area contributed by atoms with E-state index in [4.69, 9.17) is 14.2 Å². The topological polar surface area (TPSA) is 123 Å². The molecule has 0 aromatic heterocycles. The van der Waals surface area contributed by atoms with Crippen molar-refractivity contribution in [2.45, 2.75) is 76.8 Å². The molecule has 10 nitrogen and oxygen atoms in total. The van der Waals surface area contributed by atoms with Crippen LogP contribution in [0.1, 0.15) is 50.3 Å².